The lowest BCUT2D eigenvalue weighted by molar-refractivity contribution is -0.122. The number of anilines is 1. The molecule has 0 spiro atoms. The maximum Gasteiger partial charge on any atom is 0.259 e. The summed E-state index contributed by atoms with van der Waals surface area (Å²) in [4.78, 5) is 31.4. The summed E-state index contributed by atoms with van der Waals surface area (Å²) in [5, 5.41) is 4.32. The lowest BCUT2D eigenvalue weighted by atomic mass is 9.95. The van der Waals surface area contributed by atoms with Gasteiger partial charge < -0.3 is 20.2 Å². The number of benzene rings is 2. The number of rotatable bonds is 7. The number of nitrogens with two attached hydrogens (primary N) is 1. The van der Waals surface area contributed by atoms with Crippen molar-refractivity contribution in [3.8, 4) is 0 Å². The minimum atomic E-state index is -0.386. The largest absolute Gasteiger partial charge is 0.378 e. The maximum atomic E-state index is 13.1. The quantitative estimate of drug-likeness (QED) is 0.360. The lowest BCUT2D eigenvalue weighted by Crippen LogP contribution is -2.22. The van der Waals surface area contributed by atoms with Gasteiger partial charge in [-0.15, -0.1) is 0 Å². The van der Waals surface area contributed by atoms with Crippen LogP contribution < -0.4 is 16.0 Å². The summed E-state index contributed by atoms with van der Waals surface area (Å²) in [5.41, 5.74) is 11.7. The van der Waals surface area contributed by atoms with E-state index in [4.69, 9.17) is 5.73 Å². The van der Waals surface area contributed by atoms with Crippen molar-refractivity contribution in [2.24, 2.45) is 5.73 Å². The highest BCUT2D eigenvalue weighted by Gasteiger charge is 2.35. The standard InChI is InChI=1S/C27H29N5O2/c1-4-5-10-23(28)32-15-20(18-12-11-16(31(2)3)13-22(18)32)25-24(26(33)30-27(25)34)19-14-29-21-9-7-6-8-17(19)21/h6-9,11-15,23,29H,4-5,10,28H2,1-3H3,(H,30,33,34). The Morgan fingerprint density at radius 2 is 1.74 bits per heavy atom. The first-order valence-electron chi connectivity index (χ1n) is 11.6. The molecule has 2 aromatic heterocycles. The highest BCUT2D eigenvalue weighted by Crippen LogP contribution is 2.39. The molecule has 3 heterocycles. The third kappa shape index (κ3) is 3.49. The van der Waals surface area contributed by atoms with Gasteiger partial charge in [-0.2, -0.15) is 0 Å². The minimum absolute atomic E-state index is 0.231. The highest BCUT2D eigenvalue weighted by atomic mass is 16.2. The summed E-state index contributed by atoms with van der Waals surface area (Å²) >= 11 is 0. The van der Waals surface area contributed by atoms with Gasteiger partial charge in [0.15, 0.2) is 0 Å². The van der Waals surface area contributed by atoms with E-state index in [9.17, 15) is 9.59 Å². The zero-order valence-corrected chi connectivity index (χ0v) is 19.7. The van der Waals surface area contributed by atoms with Crippen LogP contribution in [0.25, 0.3) is 33.0 Å². The van der Waals surface area contributed by atoms with Crippen LogP contribution >= 0.6 is 0 Å². The lowest BCUT2D eigenvalue weighted by Gasteiger charge is -2.17. The van der Waals surface area contributed by atoms with Crippen molar-refractivity contribution < 1.29 is 9.59 Å². The first-order chi connectivity index (χ1) is 16.4. The smallest absolute Gasteiger partial charge is 0.259 e. The molecule has 0 aliphatic carbocycles. The summed E-state index contributed by atoms with van der Waals surface area (Å²) in [6.07, 6.45) is 6.39. The summed E-state index contributed by atoms with van der Waals surface area (Å²) in [5.74, 6) is -0.769. The van der Waals surface area contributed by atoms with Crippen LogP contribution in [0.2, 0.25) is 0 Å². The second-order valence-electron chi connectivity index (χ2n) is 9.04. The molecule has 1 atom stereocenters. The Hall–Kier alpha value is -3.84. The number of unbranched alkanes of at least 4 members (excludes halogenated alkanes) is 1. The molecule has 4 N–H and O–H groups in total. The van der Waals surface area contributed by atoms with Crippen LogP contribution in [-0.4, -0.2) is 35.5 Å². The van der Waals surface area contributed by atoms with Crippen molar-refractivity contribution in [1.29, 1.82) is 0 Å². The van der Waals surface area contributed by atoms with Crippen LogP contribution in [0.15, 0.2) is 54.9 Å². The van der Waals surface area contributed by atoms with Gasteiger partial charge in [0, 0.05) is 59.6 Å². The van der Waals surface area contributed by atoms with Crippen LogP contribution in [0, 0.1) is 0 Å². The predicted octanol–water partition coefficient (Wildman–Crippen LogP) is 4.40. The van der Waals surface area contributed by atoms with E-state index in [1.165, 1.54) is 0 Å². The number of imide groups is 1. The average molecular weight is 456 g/mol. The van der Waals surface area contributed by atoms with Gasteiger partial charge >= 0.3 is 0 Å². The van der Waals surface area contributed by atoms with E-state index < -0.39 is 0 Å². The summed E-state index contributed by atoms with van der Waals surface area (Å²) in [6, 6.07) is 13.9. The third-order valence-corrected chi connectivity index (χ3v) is 6.60. The van der Waals surface area contributed by atoms with Gasteiger partial charge in [-0.3, -0.25) is 14.9 Å². The van der Waals surface area contributed by atoms with Gasteiger partial charge in [-0.05, 0) is 24.6 Å². The number of hydrogen-bond acceptors (Lipinski definition) is 4. The molecule has 1 unspecified atom stereocenters. The van der Waals surface area contributed by atoms with E-state index in [1.807, 2.05) is 66.2 Å². The molecule has 7 nitrogen and oxygen atoms in total. The minimum Gasteiger partial charge on any atom is -0.378 e. The number of fused-ring (bicyclic) bond motifs is 2. The molecule has 1 aliphatic rings. The van der Waals surface area contributed by atoms with Gasteiger partial charge in [0.05, 0.1) is 22.8 Å². The normalized spacial score (nSPS) is 14.9. The molecule has 2 aromatic carbocycles. The fourth-order valence-corrected chi connectivity index (χ4v) is 4.79. The first-order valence-corrected chi connectivity index (χ1v) is 11.6. The molecule has 0 bridgehead atoms. The van der Waals surface area contributed by atoms with Crippen LogP contribution in [-0.2, 0) is 9.59 Å². The number of nitrogens with zero attached hydrogens (tertiary/aromatic N) is 2. The third-order valence-electron chi connectivity index (χ3n) is 6.60. The van der Waals surface area contributed by atoms with E-state index in [0.29, 0.717) is 11.1 Å². The first kappa shape index (κ1) is 22.0. The number of aromatic nitrogens is 2. The van der Waals surface area contributed by atoms with Crippen LogP contribution in [0.5, 0.6) is 0 Å². The van der Waals surface area contributed by atoms with Crippen LogP contribution in [0.1, 0.15) is 43.5 Å². The highest BCUT2D eigenvalue weighted by molar-refractivity contribution is 6.50. The van der Waals surface area contributed by atoms with Gasteiger partial charge in [0.1, 0.15) is 0 Å². The second-order valence-corrected chi connectivity index (χ2v) is 9.04. The topological polar surface area (TPSA) is 96.1 Å². The Morgan fingerprint density at radius 1 is 1.00 bits per heavy atom. The number of amides is 2. The number of H-pyrrole nitrogens is 1. The molecular weight excluding hydrogens is 426 g/mol. The number of carbonyl (C=O) groups excluding carboxylic acids is 2. The Morgan fingerprint density at radius 3 is 2.47 bits per heavy atom. The number of hydrogen-bond donors (Lipinski definition) is 3. The van der Waals surface area contributed by atoms with Gasteiger partial charge in [-0.1, -0.05) is 44.0 Å². The van der Waals surface area contributed by atoms with Crippen LogP contribution in [0.3, 0.4) is 0 Å². The van der Waals surface area contributed by atoms with E-state index in [-0.39, 0.29) is 18.0 Å². The zero-order chi connectivity index (χ0) is 24.0. The number of aromatic amines is 1. The molecule has 5 rings (SSSR count). The summed E-state index contributed by atoms with van der Waals surface area (Å²) in [7, 11) is 3.99. The van der Waals surface area contributed by atoms with Crippen LogP contribution in [0.4, 0.5) is 5.69 Å². The number of nitrogens with one attached hydrogen (secondary N) is 2. The molecule has 2 amide bonds. The molecule has 4 aromatic rings. The molecule has 0 radical (unpaired) electrons. The molecule has 34 heavy (non-hydrogen) atoms. The van der Waals surface area contributed by atoms with E-state index in [0.717, 1.165) is 57.9 Å². The molecular formula is C27H29N5O2. The van der Waals surface area contributed by atoms with Gasteiger partial charge in [0.2, 0.25) is 0 Å². The maximum absolute atomic E-state index is 13.1. The number of para-hydroxylation sites is 1. The monoisotopic (exact) mass is 455 g/mol. The Labute approximate surface area is 198 Å². The Balaban J connectivity index is 1.78. The molecule has 174 valence electrons. The van der Waals surface area contributed by atoms with Crippen molar-refractivity contribution in [3.63, 3.8) is 0 Å². The van der Waals surface area contributed by atoms with Gasteiger partial charge in [-0.25, -0.2) is 0 Å². The summed E-state index contributed by atoms with van der Waals surface area (Å²) < 4.78 is 2.04. The molecule has 0 saturated carbocycles. The molecule has 0 fully saturated rings. The Bertz CT molecular complexity index is 1460. The predicted molar refractivity (Wildman–Crippen MR) is 137 cm³/mol. The van der Waals surface area contributed by atoms with E-state index in [1.54, 1.807) is 6.20 Å². The van der Waals surface area contributed by atoms with E-state index in [2.05, 4.69) is 23.3 Å². The van der Waals surface area contributed by atoms with Crippen molar-refractivity contribution in [2.45, 2.75) is 32.4 Å². The molecule has 0 saturated heterocycles. The average Bonchev–Trinajstić information content (AvgIpc) is 3.49. The van der Waals surface area contributed by atoms with E-state index >= 15 is 0 Å². The Kier molecular flexibility index (Phi) is 5.49. The SMILES string of the molecule is CCCCC(N)n1cc(C2=C(c3c[nH]c4ccccc34)C(=O)NC2=O)c2ccc(N(C)C)cc21. The van der Waals surface area contributed by atoms with Crippen molar-refractivity contribution in [1.82, 2.24) is 14.9 Å². The van der Waals surface area contributed by atoms with Crippen molar-refractivity contribution in [2.75, 3.05) is 19.0 Å². The molecule has 1 aliphatic heterocycles. The fraction of sp³-hybridized carbons (Fsp3) is 0.259. The zero-order valence-electron chi connectivity index (χ0n) is 19.7. The van der Waals surface area contributed by atoms with Gasteiger partial charge in [0.25, 0.3) is 11.8 Å². The van der Waals surface area contributed by atoms with Crippen molar-refractivity contribution >= 4 is 50.5 Å². The molecule has 7 heteroatoms. The number of carbonyl (C=O) groups is 2. The van der Waals surface area contributed by atoms with Crippen molar-refractivity contribution in [3.05, 3.63) is 66.0 Å². The second kappa shape index (κ2) is 8.50. The summed E-state index contributed by atoms with van der Waals surface area (Å²) in [6.45, 7) is 2.14. The fourth-order valence-electron chi connectivity index (χ4n) is 4.79.